The molecule has 0 saturated heterocycles. The van der Waals surface area contributed by atoms with Crippen molar-refractivity contribution in [2.45, 2.75) is 20.5 Å². The van der Waals surface area contributed by atoms with Crippen LogP contribution >= 0.6 is 0 Å². The molecule has 20 heavy (non-hydrogen) atoms. The first-order valence-corrected chi connectivity index (χ1v) is 6.96. The van der Waals surface area contributed by atoms with E-state index in [1.54, 1.807) is 7.05 Å². The van der Waals surface area contributed by atoms with Crippen molar-refractivity contribution in [1.82, 2.24) is 9.96 Å². The Labute approximate surface area is 122 Å². The molecular weight excluding hydrogens is 256 g/mol. The molecule has 116 valence electrons. The largest absolute Gasteiger partial charge is 0.351 e. The zero-order valence-corrected chi connectivity index (χ0v) is 13.1. The molecule has 1 rings (SSSR count). The Kier molecular flexibility index (Phi) is 12.4. The SMILES string of the molecule is CC.CN(O)CCN(C)COCOCc1ccccc1. The predicted molar refractivity (Wildman–Crippen MR) is 80.4 cm³/mol. The van der Waals surface area contributed by atoms with Gasteiger partial charge in [-0.05, 0) is 12.6 Å². The third kappa shape index (κ3) is 10.9. The fraction of sp³-hybridized carbons (Fsp3) is 0.600. The molecule has 5 heteroatoms. The van der Waals surface area contributed by atoms with E-state index < -0.39 is 0 Å². The van der Waals surface area contributed by atoms with Gasteiger partial charge in [-0.25, -0.2) is 0 Å². The topological polar surface area (TPSA) is 45.2 Å². The van der Waals surface area contributed by atoms with E-state index in [1.165, 1.54) is 0 Å². The standard InChI is InChI=1S/C13H22N2O3.C2H6/c1-14(8-9-15(2)16)11-18-12-17-10-13-6-4-3-5-7-13;1-2/h3-7,16H,8-12H2,1-2H3;1-2H3. The van der Waals surface area contributed by atoms with Gasteiger partial charge in [-0.1, -0.05) is 44.2 Å². The first-order chi connectivity index (χ1) is 9.68. The predicted octanol–water partition coefficient (Wildman–Crippen LogP) is 2.41. The molecule has 5 nitrogen and oxygen atoms in total. The minimum Gasteiger partial charge on any atom is -0.351 e. The van der Waals surface area contributed by atoms with Crippen molar-refractivity contribution in [3.05, 3.63) is 35.9 Å². The van der Waals surface area contributed by atoms with Crippen LogP contribution in [0.25, 0.3) is 0 Å². The van der Waals surface area contributed by atoms with E-state index in [-0.39, 0.29) is 6.79 Å². The Morgan fingerprint density at radius 2 is 1.65 bits per heavy atom. The van der Waals surface area contributed by atoms with Gasteiger partial charge in [-0.3, -0.25) is 4.90 Å². The second-order valence-electron chi connectivity index (χ2n) is 4.25. The van der Waals surface area contributed by atoms with Gasteiger partial charge in [0.2, 0.25) is 0 Å². The van der Waals surface area contributed by atoms with Crippen molar-refractivity contribution < 1.29 is 14.7 Å². The van der Waals surface area contributed by atoms with Gasteiger partial charge in [0.25, 0.3) is 0 Å². The quantitative estimate of drug-likeness (QED) is 0.428. The minimum absolute atomic E-state index is 0.272. The average Bonchev–Trinajstić information content (AvgIpc) is 2.48. The van der Waals surface area contributed by atoms with E-state index in [4.69, 9.17) is 14.7 Å². The van der Waals surface area contributed by atoms with Gasteiger partial charge in [0.15, 0.2) is 0 Å². The summed E-state index contributed by atoms with van der Waals surface area (Å²) < 4.78 is 10.7. The van der Waals surface area contributed by atoms with Gasteiger partial charge < -0.3 is 14.7 Å². The molecule has 0 fully saturated rings. The van der Waals surface area contributed by atoms with Crippen LogP contribution < -0.4 is 0 Å². The molecule has 1 N–H and O–H groups in total. The van der Waals surface area contributed by atoms with Crippen LogP contribution in [0.5, 0.6) is 0 Å². The van der Waals surface area contributed by atoms with E-state index in [1.807, 2.05) is 56.1 Å². The number of hydroxylamine groups is 2. The molecule has 0 aromatic heterocycles. The van der Waals surface area contributed by atoms with Crippen molar-refractivity contribution in [1.29, 1.82) is 0 Å². The molecule has 0 amide bonds. The summed E-state index contributed by atoms with van der Waals surface area (Å²) in [6.45, 7) is 6.65. The highest BCUT2D eigenvalue weighted by atomic mass is 16.7. The molecule has 0 aliphatic rings. The highest BCUT2D eigenvalue weighted by molar-refractivity contribution is 5.13. The summed E-state index contributed by atoms with van der Waals surface area (Å²) in [6, 6.07) is 9.98. The smallest absolute Gasteiger partial charge is 0.148 e. The minimum atomic E-state index is 0.272. The van der Waals surface area contributed by atoms with Gasteiger partial charge in [-0.15, -0.1) is 0 Å². The van der Waals surface area contributed by atoms with Gasteiger partial charge >= 0.3 is 0 Å². The van der Waals surface area contributed by atoms with E-state index in [0.717, 1.165) is 17.2 Å². The lowest BCUT2D eigenvalue weighted by atomic mass is 10.2. The van der Waals surface area contributed by atoms with Gasteiger partial charge in [0.1, 0.15) is 13.5 Å². The second-order valence-corrected chi connectivity index (χ2v) is 4.25. The molecule has 0 heterocycles. The number of rotatable bonds is 9. The molecular formula is C15H28N2O3. The van der Waals surface area contributed by atoms with Crippen LogP contribution in [0.4, 0.5) is 0 Å². The van der Waals surface area contributed by atoms with E-state index in [2.05, 4.69) is 0 Å². The van der Waals surface area contributed by atoms with E-state index in [0.29, 0.717) is 19.9 Å². The first kappa shape index (κ1) is 19.0. The number of ether oxygens (including phenoxy) is 2. The lowest BCUT2D eigenvalue weighted by Gasteiger charge is -2.18. The number of benzene rings is 1. The Bertz CT molecular complexity index is 307. The summed E-state index contributed by atoms with van der Waals surface area (Å²) in [7, 11) is 3.55. The molecule has 0 aliphatic heterocycles. The monoisotopic (exact) mass is 284 g/mol. The normalized spacial score (nSPS) is 10.6. The van der Waals surface area contributed by atoms with Crippen LogP contribution in [-0.2, 0) is 16.1 Å². The van der Waals surface area contributed by atoms with Crippen LogP contribution in [0.15, 0.2) is 30.3 Å². The second kappa shape index (κ2) is 13.0. The molecule has 0 unspecified atom stereocenters. The highest BCUT2D eigenvalue weighted by Crippen LogP contribution is 2.00. The van der Waals surface area contributed by atoms with E-state index in [9.17, 15) is 0 Å². The number of nitrogens with zero attached hydrogens (tertiary/aromatic N) is 2. The lowest BCUT2D eigenvalue weighted by molar-refractivity contribution is -0.103. The average molecular weight is 284 g/mol. The summed E-state index contributed by atoms with van der Waals surface area (Å²) >= 11 is 0. The maximum Gasteiger partial charge on any atom is 0.148 e. The van der Waals surface area contributed by atoms with Gasteiger partial charge in [0, 0.05) is 20.1 Å². The highest BCUT2D eigenvalue weighted by Gasteiger charge is 1.99. The van der Waals surface area contributed by atoms with E-state index >= 15 is 0 Å². The number of hydrogen-bond donors (Lipinski definition) is 1. The maximum absolute atomic E-state index is 8.98. The molecule has 0 aliphatic carbocycles. The van der Waals surface area contributed by atoms with Crippen molar-refractivity contribution >= 4 is 0 Å². The summed E-state index contributed by atoms with van der Waals surface area (Å²) in [5, 5.41) is 10.1. The molecule has 0 radical (unpaired) electrons. The first-order valence-electron chi connectivity index (χ1n) is 6.96. The van der Waals surface area contributed by atoms with Crippen molar-refractivity contribution in [3.8, 4) is 0 Å². The molecule has 1 aromatic rings. The number of hydrogen-bond acceptors (Lipinski definition) is 5. The van der Waals surface area contributed by atoms with Crippen LogP contribution in [0, 0.1) is 0 Å². The Morgan fingerprint density at radius 1 is 1.00 bits per heavy atom. The fourth-order valence-electron chi connectivity index (χ4n) is 1.37. The Morgan fingerprint density at radius 3 is 2.25 bits per heavy atom. The summed E-state index contributed by atoms with van der Waals surface area (Å²) in [5.74, 6) is 0. The number of likely N-dealkylation sites (N-methyl/N-ethyl adjacent to an activating group) is 2. The van der Waals surface area contributed by atoms with Crippen LogP contribution in [0.1, 0.15) is 19.4 Å². The molecule has 0 bridgehead atoms. The van der Waals surface area contributed by atoms with Crippen molar-refractivity contribution in [3.63, 3.8) is 0 Å². The molecule has 0 spiro atoms. The Hall–Kier alpha value is -0.980. The third-order valence-electron chi connectivity index (χ3n) is 2.40. The van der Waals surface area contributed by atoms with Gasteiger partial charge in [0.05, 0.1) is 6.61 Å². The zero-order chi connectivity index (χ0) is 15.2. The molecule has 0 atom stereocenters. The van der Waals surface area contributed by atoms with Crippen molar-refractivity contribution in [2.24, 2.45) is 0 Å². The molecule has 1 aromatic carbocycles. The Balaban J connectivity index is 0.00000172. The molecule has 0 saturated carbocycles. The summed E-state index contributed by atoms with van der Waals surface area (Å²) in [6.07, 6.45) is 0. The lowest BCUT2D eigenvalue weighted by Crippen LogP contribution is -2.30. The zero-order valence-electron chi connectivity index (χ0n) is 13.1. The van der Waals surface area contributed by atoms with Gasteiger partial charge in [-0.2, -0.15) is 5.06 Å². The van der Waals surface area contributed by atoms with Crippen molar-refractivity contribution in [2.75, 3.05) is 40.7 Å². The summed E-state index contributed by atoms with van der Waals surface area (Å²) in [4.78, 5) is 1.97. The maximum atomic E-state index is 8.98. The third-order valence-corrected chi connectivity index (χ3v) is 2.40. The van der Waals surface area contributed by atoms with Crippen LogP contribution in [0.2, 0.25) is 0 Å². The van der Waals surface area contributed by atoms with Crippen LogP contribution in [0.3, 0.4) is 0 Å². The summed E-state index contributed by atoms with van der Waals surface area (Å²) in [5.41, 5.74) is 1.14. The van der Waals surface area contributed by atoms with Crippen LogP contribution in [-0.4, -0.2) is 55.9 Å². The fourth-order valence-corrected chi connectivity index (χ4v) is 1.37.